The maximum absolute atomic E-state index is 13.2. The molecule has 0 aliphatic carbocycles. The Labute approximate surface area is 123 Å². The highest BCUT2D eigenvalue weighted by atomic mass is 79.9. The minimum Gasteiger partial charge on any atom is -0.345 e. The number of thiophene rings is 1. The Morgan fingerprint density at radius 2 is 2.11 bits per heavy atom. The summed E-state index contributed by atoms with van der Waals surface area (Å²) in [6.45, 7) is 3.93. The molecule has 1 aromatic heterocycles. The molecule has 0 saturated carbocycles. The molecule has 19 heavy (non-hydrogen) atoms. The number of carbonyl (C=O) groups excluding carboxylic acids is 1. The highest BCUT2D eigenvalue weighted by Gasteiger charge is 2.15. The van der Waals surface area contributed by atoms with E-state index in [9.17, 15) is 9.18 Å². The largest absolute Gasteiger partial charge is 0.345 e. The second-order valence-electron chi connectivity index (χ2n) is 4.27. The van der Waals surface area contributed by atoms with Crippen LogP contribution >= 0.6 is 27.3 Å². The summed E-state index contributed by atoms with van der Waals surface area (Å²) in [7, 11) is 0. The Balaban J connectivity index is 2.15. The molecule has 0 bridgehead atoms. The van der Waals surface area contributed by atoms with Gasteiger partial charge in [0.1, 0.15) is 5.82 Å². The van der Waals surface area contributed by atoms with Gasteiger partial charge < -0.3 is 5.32 Å². The van der Waals surface area contributed by atoms with Gasteiger partial charge in [-0.1, -0.05) is 0 Å². The average molecular weight is 342 g/mol. The number of hydrogen-bond donors (Lipinski definition) is 1. The van der Waals surface area contributed by atoms with Gasteiger partial charge in [0.2, 0.25) is 0 Å². The van der Waals surface area contributed by atoms with Crippen molar-refractivity contribution in [2.75, 3.05) is 0 Å². The zero-order valence-corrected chi connectivity index (χ0v) is 12.9. The quantitative estimate of drug-likeness (QED) is 0.877. The summed E-state index contributed by atoms with van der Waals surface area (Å²) in [6, 6.07) is 7.98. The number of benzene rings is 1. The molecule has 0 saturated heterocycles. The van der Waals surface area contributed by atoms with Gasteiger partial charge in [-0.05, 0) is 60.1 Å². The minimum atomic E-state index is -0.423. The molecule has 1 amide bonds. The number of halogens is 2. The van der Waals surface area contributed by atoms with E-state index < -0.39 is 5.82 Å². The Morgan fingerprint density at radius 1 is 1.37 bits per heavy atom. The Bertz CT molecular complexity index is 611. The molecule has 100 valence electrons. The van der Waals surface area contributed by atoms with E-state index in [-0.39, 0.29) is 11.9 Å². The van der Waals surface area contributed by atoms with Gasteiger partial charge in [-0.3, -0.25) is 4.79 Å². The fraction of sp³-hybridized carbons (Fsp3) is 0.214. The number of rotatable bonds is 3. The Kier molecular flexibility index (Phi) is 4.37. The van der Waals surface area contributed by atoms with Crippen molar-refractivity contribution in [3.05, 3.63) is 55.9 Å². The van der Waals surface area contributed by atoms with Crippen LogP contribution in [0.25, 0.3) is 0 Å². The number of nitrogens with one attached hydrogen (secondary N) is 1. The fourth-order valence-electron chi connectivity index (χ4n) is 1.70. The van der Waals surface area contributed by atoms with E-state index >= 15 is 0 Å². The third kappa shape index (κ3) is 3.42. The zero-order chi connectivity index (χ0) is 14.0. The first-order valence-electron chi connectivity index (χ1n) is 5.79. The van der Waals surface area contributed by atoms with Crippen LogP contribution < -0.4 is 5.32 Å². The van der Waals surface area contributed by atoms with Crippen molar-refractivity contribution in [2.24, 2.45) is 0 Å². The van der Waals surface area contributed by atoms with Gasteiger partial charge in [0.05, 0.1) is 11.6 Å². The van der Waals surface area contributed by atoms with Crippen LogP contribution in [0.2, 0.25) is 0 Å². The molecule has 0 radical (unpaired) electrons. The van der Waals surface area contributed by atoms with Crippen LogP contribution in [0.4, 0.5) is 4.39 Å². The van der Waals surface area contributed by atoms with Crippen molar-refractivity contribution < 1.29 is 9.18 Å². The molecule has 1 heterocycles. The molecule has 0 fully saturated rings. The topological polar surface area (TPSA) is 29.1 Å². The molecule has 2 rings (SSSR count). The molecule has 1 atom stereocenters. The predicted molar refractivity (Wildman–Crippen MR) is 79.0 cm³/mol. The molecule has 0 aliphatic rings. The lowest BCUT2D eigenvalue weighted by Gasteiger charge is -2.13. The molecule has 1 unspecified atom stereocenters. The standard InChI is InChI=1S/C14H13BrFNOS/c1-8-3-6-13(19-8)9(2)17-14(18)11-7-10(16)4-5-12(11)15/h3-7,9H,1-2H3,(H,17,18). The van der Waals surface area contributed by atoms with Crippen molar-refractivity contribution in [1.29, 1.82) is 0 Å². The molecule has 1 aromatic carbocycles. The SMILES string of the molecule is Cc1ccc(C(C)NC(=O)c2cc(F)ccc2Br)s1. The molecule has 2 aromatic rings. The highest BCUT2D eigenvalue weighted by molar-refractivity contribution is 9.10. The lowest BCUT2D eigenvalue weighted by Crippen LogP contribution is -2.26. The summed E-state index contributed by atoms with van der Waals surface area (Å²) in [6.07, 6.45) is 0. The van der Waals surface area contributed by atoms with Gasteiger partial charge >= 0.3 is 0 Å². The monoisotopic (exact) mass is 341 g/mol. The number of hydrogen-bond acceptors (Lipinski definition) is 2. The van der Waals surface area contributed by atoms with Crippen LogP contribution in [-0.4, -0.2) is 5.91 Å². The summed E-state index contributed by atoms with van der Waals surface area (Å²) in [5.41, 5.74) is 0.306. The lowest BCUT2D eigenvalue weighted by atomic mass is 10.2. The highest BCUT2D eigenvalue weighted by Crippen LogP contribution is 2.24. The molecular weight excluding hydrogens is 329 g/mol. The van der Waals surface area contributed by atoms with Crippen molar-refractivity contribution >= 4 is 33.2 Å². The second-order valence-corrected chi connectivity index (χ2v) is 6.44. The van der Waals surface area contributed by atoms with E-state index in [2.05, 4.69) is 21.2 Å². The van der Waals surface area contributed by atoms with Gasteiger partial charge in [-0.15, -0.1) is 11.3 Å². The van der Waals surface area contributed by atoms with Crippen LogP contribution in [-0.2, 0) is 0 Å². The van der Waals surface area contributed by atoms with Crippen LogP contribution in [0.5, 0.6) is 0 Å². The molecular formula is C14H13BrFNOS. The van der Waals surface area contributed by atoms with Crippen LogP contribution in [0, 0.1) is 12.7 Å². The molecule has 1 N–H and O–H groups in total. The minimum absolute atomic E-state index is 0.0960. The van der Waals surface area contributed by atoms with E-state index in [0.29, 0.717) is 10.0 Å². The Hall–Kier alpha value is -1.20. The average Bonchev–Trinajstić information content (AvgIpc) is 2.79. The van der Waals surface area contributed by atoms with Crippen molar-refractivity contribution in [2.45, 2.75) is 19.9 Å². The maximum Gasteiger partial charge on any atom is 0.253 e. The van der Waals surface area contributed by atoms with E-state index in [4.69, 9.17) is 0 Å². The fourth-order valence-corrected chi connectivity index (χ4v) is 3.01. The molecule has 0 spiro atoms. The third-order valence-electron chi connectivity index (χ3n) is 2.71. The van der Waals surface area contributed by atoms with Crippen LogP contribution in [0.3, 0.4) is 0 Å². The van der Waals surface area contributed by atoms with Gasteiger partial charge in [0, 0.05) is 14.2 Å². The second kappa shape index (κ2) is 5.84. The summed E-state index contributed by atoms with van der Waals surface area (Å²) in [5.74, 6) is -0.710. The summed E-state index contributed by atoms with van der Waals surface area (Å²) in [5, 5.41) is 2.87. The van der Waals surface area contributed by atoms with E-state index in [0.717, 1.165) is 4.88 Å². The third-order valence-corrected chi connectivity index (χ3v) is 4.58. The summed E-state index contributed by atoms with van der Waals surface area (Å²) in [4.78, 5) is 14.4. The molecule has 5 heteroatoms. The van der Waals surface area contributed by atoms with Crippen LogP contribution in [0.15, 0.2) is 34.8 Å². The van der Waals surface area contributed by atoms with Gasteiger partial charge in [0.15, 0.2) is 0 Å². The van der Waals surface area contributed by atoms with Crippen molar-refractivity contribution in [3.8, 4) is 0 Å². The lowest BCUT2D eigenvalue weighted by molar-refractivity contribution is 0.0939. The first-order valence-corrected chi connectivity index (χ1v) is 7.40. The molecule has 2 nitrogen and oxygen atoms in total. The smallest absolute Gasteiger partial charge is 0.253 e. The summed E-state index contributed by atoms with van der Waals surface area (Å²) >= 11 is 4.90. The molecule has 0 aliphatic heterocycles. The maximum atomic E-state index is 13.2. The predicted octanol–water partition coefficient (Wildman–Crippen LogP) is 4.45. The van der Waals surface area contributed by atoms with Crippen molar-refractivity contribution in [3.63, 3.8) is 0 Å². The number of carbonyl (C=O) groups is 1. The van der Waals surface area contributed by atoms with Gasteiger partial charge in [-0.2, -0.15) is 0 Å². The van der Waals surface area contributed by atoms with Crippen LogP contribution in [0.1, 0.15) is 33.1 Å². The first-order chi connectivity index (χ1) is 8.97. The number of amides is 1. The number of aryl methyl sites for hydroxylation is 1. The zero-order valence-electron chi connectivity index (χ0n) is 10.5. The summed E-state index contributed by atoms with van der Waals surface area (Å²) < 4.78 is 13.8. The van der Waals surface area contributed by atoms with E-state index in [1.807, 2.05) is 26.0 Å². The van der Waals surface area contributed by atoms with Gasteiger partial charge in [-0.25, -0.2) is 4.39 Å². The Morgan fingerprint density at radius 3 is 2.74 bits per heavy atom. The van der Waals surface area contributed by atoms with E-state index in [1.54, 1.807) is 11.3 Å². The van der Waals surface area contributed by atoms with E-state index in [1.165, 1.54) is 23.1 Å². The van der Waals surface area contributed by atoms with Gasteiger partial charge in [0.25, 0.3) is 5.91 Å². The normalized spacial score (nSPS) is 12.2. The first kappa shape index (κ1) is 14.2. The van der Waals surface area contributed by atoms with Crippen molar-refractivity contribution in [1.82, 2.24) is 5.32 Å².